The Morgan fingerprint density at radius 1 is 1.11 bits per heavy atom. The third-order valence-corrected chi connectivity index (χ3v) is 4.38. The maximum Gasteiger partial charge on any atom is 0.305 e. The standard InChI is InChI=1S/C20H25N3O5/c1-3-26-17-10-14-7-8-23(12-15(14)11-18(17)27-4-2)13-19(24)21-22-20(25)16-6-5-9-28-16/h5-6,9-11H,3-4,7-8,12-13H2,1-2H3,(H,21,24)(H,22,25). The summed E-state index contributed by atoms with van der Waals surface area (Å²) in [4.78, 5) is 26.0. The molecule has 0 radical (unpaired) electrons. The highest BCUT2D eigenvalue weighted by atomic mass is 16.5. The number of fused-ring (bicyclic) bond motifs is 1. The maximum atomic E-state index is 12.2. The normalized spacial score (nSPS) is 13.5. The lowest BCUT2D eigenvalue weighted by Crippen LogP contribution is -2.47. The Hall–Kier alpha value is -3.00. The molecule has 2 N–H and O–H groups in total. The Morgan fingerprint density at radius 3 is 2.46 bits per heavy atom. The first kappa shape index (κ1) is 19.8. The minimum absolute atomic E-state index is 0.140. The zero-order valence-electron chi connectivity index (χ0n) is 16.1. The maximum absolute atomic E-state index is 12.2. The van der Waals surface area contributed by atoms with Gasteiger partial charge in [0, 0.05) is 13.1 Å². The van der Waals surface area contributed by atoms with E-state index < -0.39 is 5.91 Å². The number of furan rings is 1. The Kier molecular flexibility index (Phi) is 6.54. The van der Waals surface area contributed by atoms with E-state index in [1.165, 1.54) is 17.9 Å². The molecule has 2 heterocycles. The molecule has 0 spiro atoms. The van der Waals surface area contributed by atoms with Crippen molar-refractivity contribution in [2.24, 2.45) is 0 Å². The van der Waals surface area contributed by atoms with E-state index in [0.717, 1.165) is 30.0 Å². The number of hydrazine groups is 1. The lowest BCUT2D eigenvalue weighted by Gasteiger charge is -2.29. The van der Waals surface area contributed by atoms with E-state index >= 15 is 0 Å². The van der Waals surface area contributed by atoms with Gasteiger partial charge in [-0.05, 0) is 55.7 Å². The summed E-state index contributed by atoms with van der Waals surface area (Å²) in [7, 11) is 0. The van der Waals surface area contributed by atoms with E-state index in [9.17, 15) is 9.59 Å². The van der Waals surface area contributed by atoms with E-state index in [2.05, 4.69) is 10.9 Å². The van der Waals surface area contributed by atoms with Crippen LogP contribution in [0.1, 0.15) is 35.5 Å². The van der Waals surface area contributed by atoms with Gasteiger partial charge >= 0.3 is 5.91 Å². The first-order valence-electron chi connectivity index (χ1n) is 9.37. The quantitative estimate of drug-likeness (QED) is 0.705. The molecule has 0 saturated carbocycles. The van der Waals surface area contributed by atoms with Crippen molar-refractivity contribution in [1.29, 1.82) is 0 Å². The van der Waals surface area contributed by atoms with Crippen LogP contribution in [0.25, 0.3) is 0 Å². The Morgan fingerprint density at radius 2 is 1.82 bits per heavy atom. The Bertz CT molecular complexity index is 819. The van der Waals surface area contributed by atoms with Crippen LogP contribution in [0.2, 0.25) is 0 Å². The van der Waals surface area contributed by atoms with Crippen LogP contribution in [0.15, 0.2) is 34.9 Å². The average molecular weight is 387 g/mol. The van der Waals surface area contributed by atoms with E-state index in [0.29, 0.717) is 19.8 Å². The highest BCUT2D eigenvalue weighted by Crippen LogP contribution is 2.33. The van der Waals surface area contributed by atoms with E-state index in [1.54, 1.807) is 6.07 Å². The molecule has 28 heavy (non-hydrogen) atoms. The number of amides is 2. The van der Waals surface area contributed by atoms with Gasteiger partial charge in [0.15, 0.2) is 17.3 Å². The van der Waals surface area contributed by atoms with Gasteiger partial charge in [-0.15, -0.1) is 0 Å². The van der Waals surface area contributed by atoms with Crippen LogP contribution in [-0.2, 0) is 17.8 Å². The van der Waals surface area contributed by atoms with Crippen LogP contribution in [-0.4, -0.2) is 43.0 Å². The number of nitrogens with zero attached hydrogens (tertiary/aromatic N) is 1. The topological polar surface area (TPSA) is 93.0 Å². The zero-order valence-corrected chi connectivity index (χ0v) is 16.1. The van der Waals surface area contributed by atoms with Gasteiger partial charge in [-0.25, -0.2) is 0 Å². The molecule has 0 fully saturated rings. The summed E-state index contributed by atoms with van der Waals surface area (Å²) in [5.74, 6) is 0.835. The van der Waals surface area contributed by atoms with Crippen molar-refractivity contribution in [3.63, 3.8) is 0 Å². The Labute approximate surface area is 163 Å². The van der Waals surface area contributed by atoms with Gasteiger partial charge in [0.1, 0.15) is 0 Å². The van der Waals surface area contributed by atoms with Crippen LogP contribution < -0.4 is 20.3 Å². The van der Waals surface area contributed by atoms with Crippen LogP contribution in [0.4, 0.5) is 0 Å². The number of hydrogen-bond donors (Lipinski definition) is 2. The summed E-state index contributed by atoms with van der Waals surface area (Å²) < 4.78 is 16.4. The highest BCUT2D eigenvalue weighted by Gasteiger charge is 2.21. The predicted molar refractivity (Wildman–Crippen MR) is 102 cm³/mol. The lowest BCUT2D eigenvalue weighted by atomic mass is 9.99. The lowest BCUT2D eigenvalue weighted by molar-refractivity contribution is -0.123. The first-order valence-corrected chi connectivity index (χ1v) is 9.37. The minimum Gasteiger partial charge on any atom is -0.490 e. The third-order valence-electron chi connectivity index (χ3n) is 4.38. The molecule has 1 aliphatic rings. The molecule has 8 heteroatoms. The summed E-state index contributed by atoms with van der Waals surface area (Å²) in [6.07, 6.45) is 2.21. The number of ether oxygens (including phenoxy) is 2. The van der Waals surface area contributed by atoms with E-state index in [-0.39, 0.29) is 18.2 Å². The van der Waals surface area contributed by atoms with E-state index in [4.69, 9.17) is 13.9 Å². The van der Waals surface area contributed by atoms with Gasteiger partial charge in [0.25, 0.3) is 5.91 Å². The molecule has 2 aromatic rings. The number of benzene rings is 1. The minimum atomic E-state index is -0.493. The molecular weight excluding hydrogens is 362 g/mol. The summed E-state index contributed by atoms with van der Waals surface area (Å²) >= 11 is 0. The fraction of sp³-hybridized carbons (Fsp3) is 0.400. The molecule has 1 aliphatic heterocycles. The molecule has 2 amide bonds. The van der Waals surface area contributed by atoms with Gasteiger partial charge in [-0.3, -0.25) is 25.3 Å². The van der Waals surface area contributed by atoms with Crippen LogP contribution in [0, 0.1) is 0 Å². The van der Waals surface area contributed by atoms with Crippen molar-refractivity contribution < 1.29 is 23.5 Å². The van der Waals surface area contributed by atoms with Crippen LogP contribution in [0.5, 0.6) is 11.5 Å². The summed E-state index contributed by atoms with van der Waals surface area (Å²) in [6, 6.07) is 7.16. The van der Waals surface area contributed by atoms with Crippen molar-refractivity contribution >= 4 is 11.8 Å². The van der Waals surface area contributed by atoms with Crippen molar-refractivity contribution in [3.05, 3.63) is 47.4 Å². The molecule has 8 nitrogen and oxygen atoms in total. The van der Waals surface area contributed by atoms with Crippen LogP contribution >= 0.6 is 0 Å². The molecule has 0 aliphatic carbocycles. The molecule has 1 aromatic heterocycles. The predicted octanol–water partition coefficient (Wildman–Crippen LogP) is 1.90. The smallest absolute Gasteiger partial charge is 0.305 e. The summed E-state index contributed by atoms with van der Waals surface area (Å²) in [5.41, 5.74) is 7.08. The van der Waals surface area contributed by atoms with Gasteiger partial charge in [0.05, 0.1) is 26.0 Å². The number of carbonyl (C=O) groups is 2. The van der Waals surface area contributed by atoms with Crippen molar-refractivity contribution in [2.45, 2.75) is 26.8 Å². The molecule has 0 unspecified atom stereocenters. The highest BCUT2D eigenvalue weighted by molar-refractivity contribution is 5.93. The second-order valence-corrected chi connectivity index (χ2v) is 6.37. The number of nitrogens with one attached hydrogen (secondary N) is 2. The monoisotopic (exact) mass is 387 g/mol. The molecule has 150 valence electrons. The largest absolute Gasteiger partial charge is 0.490 e. The van der Waals surface area contributed by atoms with Gasteiger partial charge < -0.3 is 13.9 Å². The fourth-order valence-corrected chi connectivity index (χ4v) is 3.13. The van der Waals surface area contributed by atoms with Crippen molar-refractivity contribution in [3.8, 4) is 11.5 Å². The zero-order chi connectivity index (χ0) is 19.9. The Balaban J connectivity index is 1.57. The molecule has 0 saturated heterocycles. The van der Waals surface area contributed by atoms with Crippen molar-refractivity contribution in [1.82, 2.24) is 15.8 Å². The summed E-state index contributed by atoms with van der Waals surface area (Å²) in [6.45, 7) is 6.56. The molecule has 0 atom stereocenters. The van der Waals surface area contributed by atoms with E-state index in [1.807, 2.05) is 30.9 Å². The van der Waals surface area contributed by atoms with Gasteiger partial charge in [0.2, 0.25) is 0 Å². The molecule has 0 bridgehead atoms. The molecular formula is C20H25N3O5. The first-order chi connectivity index (χ1) is 13.6. The SMILES string of the molecule is CCOc1cc2c(cc1OCC)CN(CC(=O)NNC(=O)c1ccco1)CC2. The molecule has 3 rings (SSSR count). The third kappa shape index (κ3) is 4.83. The second kappa shape index (κ2) is 9.27. The number of carbonyl (C=O) groups excluding carboxylic acids is 2. The van der Waals surface area contributed by atoms with Gasteiger partial charge in [-0.1, -0.05) is 0 Å². The average Bonchev–Trinajstić information content (AvgIpc) is 3.22. The van der Waals surface area contributed by atoms with Gasteiger partial charge in [-0.2, -0.15) is 0 Å². The van der Waals surface area contributed by atoms with Crippen LogP contribution in [0.3, 0.4) is 0 Å². The molecule has 1 aromatic carbocycles. The fourth-order valence-electron chi connectivity index (χ4n) is 3.13. The summed E-state index contributed by atoms with van der Waals surface area (Å²) in [5, 5.41) is 0. The number of hydrogen-bond acceptors (Lipinski definition) is 6. The van der Waals surface area contributed by atoms with Crippen molar-refractivity contribution in [2.75, 3.05) is 26.3 Å². The number of rotatable bonds is 7. The second-order valence-electron chi connectivity index (χ2n) is 6.37.